The van der Waals surface area contributed by atoms with Crippen LogP contribution in [-0.2, 0) is 14.8 Å². The van der Waals surface area contributed by atoms with E-state index in [1.54, 1.807) is 12.1 Å². The van der Waals surface area contributed by atoms with Crippen LogP contribution in [0, 0.1) is 37.8 Å². The van der Waals surface area contributed by atoms with Crippen LogP contribution < -0.4 is 14.4 Å². The molecule has 0 fully saturated rings. The molecular formula is C27H31N3O6S. The van der Waals surface area contributed by atoms with Crippen molar-refractivity contribution in [3.8, 4) is 5.75 Å². The number of benzene rings is 3. The zero-order chi connectivity index (χ0) is 27.5. The second-order valence-electron chi connectivity index (χ2n) is 9.00. The molecule has 3 aromatic rings. The third-order valence-corrected chi connectivity index (χ3v) is 8.11. The highest BCUT2D eigenvalue weighted by Gasteiger charge is 2.30. The molecule has 0 aliphatic carbocycles. The maximum Gasteiger partial charge on any atom is 0.273 e. The van der Waals surface area contributed by atoms with Crippen molar-refractivity contribution in [1.82, 2.24) is 5.32 Å². The van der Waals surface area contributed by atoms with E-state index >= 15 is 0 Å². The first-order valence-electron chi connectivity index (χ1n) is 11.6. The minimum atomic E-state index is -4.34. The predicted octanol–water partition coefficient (Wildman–Crippen LogP) is 4.91. The lowest BCUT2D eigenvalue weighted by atomic mass is 9.96. The number of carbonyl (C=O) groups excluding carboxylic acids is 1. The molecule has 0 aliphatic heterocycles. The van der Waals surface area contributed by atoms with E-state index in [4.69, 9.17) is 4.74 Å². The molecule has 1 amide bonds. The number of nitrogens with one attached hydrogen (secondary N) is 1. The fourth-order valence-electron chi connectivity index (χ4n) is 4.08. The van der Waals surface area contributed by atoms with E-state index in [0.29, 0.717) is 11.3 Å². The van der Waals surface area contributed by atoms with E-state index in [0.717, 1.165) is 32.6 Å². The molecule has 0 saturated heterocycles. The van der Waals surface area contributed by atoms with E-state index in [-0.39, 0.29) is 22.3 Å². The van der Waals surface area contributed by atoms with Gasteiger partial charge < -0.3 is 10.1 Å². The molecule has 0 bridgehead atoms. The van der Waals surface area contributed by atoms with E-state index < -0.39 is 27.4 Å². The lowest BCUT2D eigenvalue weighted by molar-refractivity contribution is -0.385. The Morgan fingerprint density at radius 2 is 1.59 bits per heavy atom. The van der Waals surface area contributed by atoms with Crippen LogP contribution in [0.5, 0.6) is 5.75 Å². The monoisotopic (exact) mass is 525 g/mol. The quantitative estimate of drug-likeness (QED) is 0.313. The number of rotatable bonds is 9. The summed E-state index contributed by atoms with van der Waals surface area (Å²) < 4.78 is 33.5. The van der Waals surface area contributed by atoms with Crippen LogP contribution >= 0.6 is 0 Å². The summed E-state index contributed by atoms with van der Waals surface area (Å²) in [4.78, 5) is 23.7. The maximum absolute atomic E-state index is 13.7. The summed E-state index contributed by atoms with van der Waals surface area (Å²) in [5.74, 6) is -0.0125. The molecule has 0 saturated carbocycles. The number of aryl methyl sites for hydroxylation is 4. The molecule has 1 atom stereocenters. The third-order valence-electron chi connectivity index (χ3n) is 6.34. The Labute approximate surface area is 217 Å². The highest BCUT2D eigenvalue weighted by atomic mass is 32.2. The van der Waals surface area contributed by atoms with Crippen LogP contribution in [0.3, 0.4) is 0 Å². The fraction of sp³-hybridized carbons (Fsp3) is 0.296. The standard InChI is InChI=1S/C27H31N3O6S/c1-17-7-12-24(15-26(17)30(32)33)37(34,35)29(22-8-10-23(36-6)11-9-22)16-27(31)28-21(5)25-14-19(3)18(2)13-20(25)4/h7-15,21H,16H2,1-6H3,(H,28,31)/t21-/m0/s1. The molecule has 1 N–H and O–H groups in total. The minimum absolute atomic E-state index is 0.217. The van der Waals surface area contributed by atoms with Crippen molar-refractivity contribution in [2.75, 3.05) is 18.0 Å². The van der Waals surface area contributed by atoms with Gasteiger partial charge in [0.2, 0.25) is 5.91 Å². The Kier molecular flexibility index (Phi) is 8.22. The van der Waals surface area contributed by atoms with Crippen LogP contribution in [0.4, 0.5) is 11.4 Å². The molecule has 0 aromatic heterocycles. The lowest BCUT2D eigenvalue weighted by Crippen LogP contribution is -2.41. The Bertz CT molecular complexity index is 1440. The second kappa shape index (κ2) is 11.0. The van der Waals surface area contributed by atoms with Gasteiger partial charge in [-0.2, -0.15) is 0 Å². The van der Waals surface area contributed by atoms with Gasteiger partial charge >= 0.3 is 0 Å². The Balaban J connectivity index is 1.98. The molecule has 9 nitrogen and oxygen atoms in total. The summed E-state index contributed by atoms with van der Waals surface area (Å²) in [5, 5.41) is 14.3. The highest BCUT2D eigenvalue weighted by molar-refractivity contribution is 7.92. The first kappa shape index (κ1) is 27.7. The summed E-state index contributed by atoms with van der Waals surface area (Å²) in [7, 11) is -2.85. The molecular weight excluding hydrogens is 494 g/mol. The van der Waals surface area contributed by atoms with Crippen LogP contribution in [0.15, 0.2) is 59.5 Å². The van der Waals surface area contributed by atoms with Crippen molar-refractivity contribution >= 4 is 27.3 Å². The van der Waals surface area contributed by atoms with Gasteiger partial charge in [-0.15, -0.1) is 0 Å². The second-order valence-corrected chi connectivity index (χ2v) is 10.9. The molecule has 3 rings (SSSR count). The third kappa shape index (κ3) is 6.08. The van der Waals surface area contributed by atoms with Gasteiger partial charge in [-0.25, -0.2) is 8.42 Å². The van der Waals surface area contributed by atoms with Crippen molar-refractivity contribution in [3.63, 3.8) is 0 Å². The maximum atomic E-state index is 13.7. The van der Waals surface area contributed by atoms with Crippen LogP contribution in [-0.4, -0.2) is 32.9 Å². The zero-order valence-electron chi connectivity index (χ0n) is 21.7. The summed E-state index contributed by atoms with van der Waals surface area (Å²) in [6.07, 6.45) is 0. The molecule has 0 radical (unpaired) electrons. The number of nitro benzene ring substituents is 1. The van der Waals surface area contributed by atoms with Gasteiger partial charge in [-0.1, -0.05) is 18.2 Å². The molecule has 10 heteroatoms. The first-order chi connectivity index (χ1) is 17.3. The first-order valence-corrected chi connectivity index (χ1v) is 13.1. The van der Waals surface area contributed by atoms with Crippen molar-refractivity contribution in [1.29, 1.82) is 0 Å². The van der Waals surface area contributed by atoms with Gasteiger partial charge in [-0.3, -0.25) is 19.2 Å². The zero-order valence-corrected chi connectivity index (χ0v) is 22.5. The topological polar surface area (TPSA) is 119 Å². The number of nitrogens with zero attached hydrogens (tertiary/aromatic N) is 2. The van der Waals surface area contributed by atoms with Gasteiger partial charge in [0.05, 0.1) is 28.7 Å². The molecule has 0 spiro atoms. The van der Waals surface area contributed by atoms with Crippen molar-refractivity contribution in [2.24, 2.45) is 0 Å². The van der Waals surface area contributed by atoms with Crippen LogP contribution in [0.1, 0.15) is 40.8 Å². The average molecular weight is 526 g/mol. The van der Waals surface area contributed by atoms with E-state index in [1.165, 1.54) is 38.3 Å². The van der Waals surface area contributed by atoms with Crippen molar-refractivity contribution in [2.45, 2.75) is 45.6 Å². The summed E-state index contributed by atoms with van der Waals surface area (Å²) in [6, 6.07) is 13.6. The van der Waals surface area contributed by atoms with E-state index in [9.17, 15) is 23.3 Å². The SMILES string of the molecule is COc1ccc(N(CC(=O)N[C@@H](C)c2cc(C)c(C)cc2C)S(=O)(=O)c2ccc(C)c([N+](=O)[O-])c2)cc1. The normalized spacial score (nSPS) is 12.1. The summed E-state index contributed by atoms with van der Waals surface area (Å²) in [5.41, 5.74) is 4.41. The highest BCUT2D eigenvalue weighted by Crippen LogP contribution is 2.29. The van der Waals surface area contributed by atoms with Crippen LogP contribution in [0.25, 0.3) is 0 Å². The van der Waals surface area contributed by atoms with E-state index in [2.05, 4.69) is 5.32 Å². The number of anilines is 1. The molecule has 37 heavy (non-hydrogen) atoms. The van der Waals surface area contributed by atoms with Gasteiger partial charge in [-0.05, 0) is 87.2 Å². The lowest BCUT2D eigenvalue weighted by Gasteiger charge is -2.26. The van der Waals surface area contributed by atoms with Crippen molar-refractivity contribution in [3.05, 3.63) is 92.5 Å². The number of nitro groups is 1. The molecule has 196 valence electrons. The summed E-state index contributed by atoms with van der Waals surface area (Å²) >= 11 is 0. The van der Waals surface area contributed by atoms with Crippen LogP contribution in [0.2, 0.25) is 0 Å². The predicted molar refractivity (Wildman–Crippen MR) is 143 cm³/mol. The Morgan fingerprint density at radius 1 is 0.973 bits per heavy atom. The van der Waals surface area contributed by atoms with Gasteiger partial charge in [0.25, 0.3) is 15.7 Å². The summed E-state index contributed by atoms with van der Waals surface area (Å²) in [6.45, 7) is 8.81. The number of hydrogen-bond acceptors (Lipinski definition) is 6. The number of hydrogen-bond donors (Lipinski definition) is 1. The molecule has 3 aromatic carbocycles. The Hall–Kier alpha value is -3.92. The number of ether oxygens (including phenoxy) is 1. The Morgan fingerprint density at radius 3 is 2.19 bits per heavy atom. The molecule has 0 unspecified atom stereocenters. The van der Waals surface area contributed by atoms with Crippen molar-refractivity contribution < 1.29 is 22.9 Å². The average Bonchev–Trinajstić information content (AvgIpc) is 2.84. The van der Waals surface area contributed by atoms with Gasteiger partial charge in [0, 0.05) is 11.6 Å². The van der Waals surface area contributed by atoms with Gasteiger partial charge in [0.1, 0.15) is 12.3 Å². The number of sulfonamides is 1. The molecule has 0 heterocycles. The smallest absolute Gasteiger partial charge is 0.273 e. The fourth-order valence-corrected chi connectivity index (χ4v) is 5.52. The minimum Gasteiger partial charge on any atom is -0.497 e. The number of carbonyl (C=O) groups is 1. The van der Waals surface area contributed by atoms with Gasteiger partial charge in [0.15, 0.2) is 0 Å². The number of amides is 1. The molecule has 0 aliphatic rings. The largest absolute Gasteiger partial charge is 0.497 e. The van der Waals surface area contributed by atoms with E-state index in [1.807, 2.05) is 39.8 Å². The number of methoxy groups -OCH3 is 1.